The molecule has 106 valence electrons. The first-order chi connectivity index (χ1) is 9.65. The van der Waals surface area contributed by atoms with Crippen molar-refractivity contribution in [3.8, 4) is 0 Å². The molecule has 0 fully saturated rings. The summed E-state index contributed by atoms with van der Waals surface area (Å²) in [5.74, 6) is 5.43. The van der Waals surface area contributed by atoms with Crippen LogP contribution in [-0.2, 0) is 6.54 Å². The molecule has 0 unspecified atom stereocenters. The van der Waals surface area contributed by atoms with Crippen LogP contribution in [0.1, 0.15) is 27.7 Å². The van der Waals surface area contributed by atoms with E-state index >= 15 is 0 Å². The van der Waals surface area contributed by atoms with Gasteiger partial charge in [0.1, 0.15) is 0 Å². The topological polar surface area (TPSA) is 58.4 Å². The summed E-state index contributed by atoms with van der Waals surface area (Å²) in [6.07, 6.45) is 0. The highest BCUT2D eigenvalue weighted by Gasteiger charge is 2.17. The van der Waals surface area contributed by atoms with E-state index in [2.05, 4.69) is 11.5 Å². The molecule has 0 saturated heterocycles. The molecule has 2 aromatic rings. The third-order valence-corrected chi connectivity index (χ3v) is 4.08. The Morgan fingerprint density at radius 2 is 2.20 bits per heavy atom. The third kappa shape index (κ3) is 3.18. The Bertz CT molecular complexity index is 581. The van der Waals surface area contributed by atoms with Crippen molar-refractivity contribution in [2.75, 3.05) is 12.0 Å². The van der Waals surface area contributed by atoms with E-state index in [0.29, 0.717) is 13.1 Å². The first-order valence-electron chi connectivity index (χ1n) is 6.54. The maximum absolute atomic E-state index is 12.6. The highest BCUT2D eigenvalue weighted by molar-refractivity contribution is 7.09. The Hall–Kier alpha value is -1.85. The number of nitrogens with zero attached hydrogens (tertiary/aromatic N) is 1. The molecule has 0 aliphatic heterocycles. The van der Waals surface area contributed by atoms with Crippen molar-refractivity contribution in [3.05, 3.63) is 51.7 Å². The summed E-state index contributed by atoms with van der Waals surface area (Å²) >= 11 is 1.67. The van der Waals surface area contributed by atoms with E-state index in [1.54, 1.807) is 11.3 Å². The van der Waals surface area contributed by atoms with Gasteiger partial charge in [-0.2, -0.15) is 0 Å². The Labute approximate surface area is 123 Å². The molecule has 3 N–H and O–H groups in total. The smallest absolute Gasteiger partial charge is 0.254 e. The highest BCUT2D eigenvalue weighted by atomic mass is 32.1. The zero-order chi connectivity index (χ0) is 14.5. The molecule has 1 amide bonds. The molecule has 4 nitrogen and oxygen atoms in total. The minimum Gasteiger partial charge on any atom is -0.334 e. The molecule has 5 heteroatoms. The molecule has 0 saturated carbocycles. The molecule has 1 aromatic carbocycles. The van der Waals surface area contributed by atoms with Gasteiger partial charge in [0.2, 0.25) is 0 Å². The van der Waals surface area contributed by atoms with Crippen LogP contribution in [0.25, 0.3) is 0 Å². The van der Waals surface area contributed by atoms with Crippen LogP contribution in [0.5, 0.6) is 0 Å². The summed E-state index contributed by atoms with van der Waals surface area (Å²) < 4.78 is 0. The molecule has 0 spiro atoms. The van der Waals surface area contributed by atoms with Crippen LogP contribution in [0.4, 0.5) is 5.69 Å². The van der Waals surface area contributed by atoms with Crippen LogP contribution < -0.4 is 11.3 Å². The number of hydrogen-bond donors (Lipinski definition) is 2. The Morgan fingerprint density at radius 3 is 2.75 bits per heavy atom. The second-order valence-corrected chi connectivity index (χ2v) is 5.60. The number of carbonyl (C=O) groups is 1. The first kappa shape index (κ1) is 14.6. The van der Waals surface area contributed by atoms with Gasteiger partial charge in [-0.25, -0.2) is 0 Å². The van der Waals surface area contributed by atoms with E-state index < -0.39 is 0 Å². The molecule has 0 aliphatic rings. The summed E-state index contributed by atoms with van der Waals surface area (Å²) in [5, 5.41) is 2.03. The van der Waals surface area contributed by atoms with Crippen LogP contribution in [0.3, 0.4) is 0 Å². The number of nitrogen functional groups attached to an aromatic ring is 1. The maximum Gasteiger partial charge on any atom is 0.254 e. The zero-order valence-electron chi connectivity index (χ0n) is 11.7. The lowest BCUT2D eigenvalue weighted by atomic mass is 10.1. The van der Waals surface area contributed by atoms with Crippen LogP contribution in [-0.4, -0.2) is 17.4 Å². The summed E-state index contributed by atoms with van der Waals surface area (Å²) in [6.45, 7) is 5.26. The monoisotopic (exact) mass is 289 g/mol. The molecule has 0 bridgehead atoms. The molecule has 1 aromatic heterocycles. The van der Waals surface area contributed by atoms with Crippen molar-refractivity contribution in [2.24, 2.45) is 5.84 Å². The Kier molecular flexibility index (Phi) is 4.76. The number of anilines is 1. The minimum absolute atomic E-state index is 0.0574. The maximum atomic E-state index is 12.6. The van der Waals surface area contributed by atoms with Crippen molar-refractivity contribution in [2.45, 2.75) is 20.4 Å². The first-order valence-corrected chi connectivity index (χ1v) is 7.42. The third-order valence-electron chi connectivity index (χ3n) is 3.22. The van der Waals surface area contributed by atoms with Crippen molar-refractivity contribution >= 4 is 22.9 Å². The lowest BCUT2D eigenvalue weighted by molar-refractivity contribution is 0.0753. The normalized spacial score (nSPS) is 10.3. The van der Waals surface area contributed by atoms with Crippen molar-refractivity contribution in [1.82, 2.24) is 4.90 Å². The number of aryl methyl sites for hydroxylation is 1. The highest BCUT2D eigenvalue weighted by Crippen LogP contribution is 2.18. The van der Waals surface area contributed by atoms with Crippen molar-refractivity contribution < 1.29 is 4.79 Å². The average molecular weight is 289 g/mol. The number of rotatable bonds is 5. The molecular formula is C15H19N3OS. The number of amides is 1. The number of hydrogen-bond acceptors (Lipinski definition) is 4. The van der Waals surface area contributed by atoms with E-state index in [9.17, 15) is 4.79 Å². The number of thiophene rings is 1. The second kappa shape index (κ2) is 6.54. The van der Waals surface area contributed by atoms with E-state index in [1.807, 2.05) is 48.4 Å². The van der Waals surface area contributed by atoms with Gasteiger partial charge in [-0.3, -0.25) is 10.6 Å². The van der Waals surface area contributed by atoms with Gasteiger partial charge in [-0.15, -0.1) is 11.3 Å². The van der Waals surface area contributed by atoms with E-state index in [1.165, 1.54) is 4.88 Å². The summed E-state index contributed by atoms with van der Waals surface area (Å²) in [7, 11) is 0. The molecule has 0 atom stereocenters. The lowest BCUT2D eigenvalue weighted by Gasteiger charge is -2.21. The average Bonchev–Trinajstić information content (AvgIpc) is 2.96. The van der Waals surface area contributed by atoms with Gasteiger partial charge in [0.25, 0.3) is 5.91 Å². The van der Waals surface area contributed by atoms with Gasteiger partial charge in [0, 0.05) is 22.7 Å². The quantitative estimate of drug-likeness (QED) is 0.657. The van der Waals surface area contributed by atoms with E-state index in [4.69, 9.17) is 5.84 Å². The zero-order valence-corrected chi connectivity index (χ0v) is 12.5. The fraction of sp³-hybridized carbons (Fsp3) is 0.267. The summed E-state index contributed by atoms with van der Waals surface area (Å²) in [4.78, 5) is 15.6. The van der Waals surface area contributed by atoms with Crippen LogP contribution in [0.15, 0.2) is 35.7 Å². The van der Waals surface area contributed by atoms with Gasteiger partial charge < -0.3 is 10.3 Å². The van der Waals surface area contributed by atoms with Gasteiger partial charge in [-0.05, 0) is 49.1 Å². The fourth-order valence-corrected chi connectivity index (χ4v) is 2.80. The van der Waals surface area contributed by atoms with Gasteiger partial charge >= 0.3 is 0 Å². The predicted octanol–water partition coefficient (Wildman–Crippen LogP) is 3.00. The number of hydrazine groups is 1. The van der Waals surface area contributed by atoms with Crippen LogP contribution in [0, 0.1) is 6.92 Å². The largest absolute Gasteiger partial charge is 0.334 e. The Balaban J connectivity index is 2.20. The summed E-state index contributed by atoms with van der Waals surface area (Å²) in [5.41, 5.74) is 5.05. The van der Waals surface area contributed by atoms with Crippen molar-refractivity contribution in [3.63, 3.8) is 0 Å². The predicted molar refractivity (Wildman–Crippen MR) is 83.7 cm³/mol. The number of nitrogens with one attached hydrogen (secondary N) is 1. The molecule has 20 heavy (non-hydrogen) atoms. The van der Waals surface area contributed by atoms with Gasteiger partial charge in [0.05, 0.1) is 6.54 Å². The Morgan fingerprint density at radius 1 is 1.40 bits per heavy atom. The standard InChI is InChI=1S/C15H19N3OS/c1-3-18(10-13-5-4-8-20-13)15(19)14-7-6-12(17-16)9-11(14)2/h4-9,17H,3,10,16H2,1-2H3. The molecular weight excluding hydrogens is 270 g/mol. The van der Waals surface area contributed by atoms with E-state index in [0.717, 1.165) is 16.8 Å². The number of benzene rings is 1. The molecule has 0 radical (unpaired) electrons. The second-order valence-electron chi connectivity index (χ2n) is 4.57. The summed E-state index contributed by atoms with van der Waals surface area (Å²) in [6, 6.07) is 9.58. The van der Waals surface area contributed by atoms with Gasteiger partial charge in [0.15, 0.2) is 0 Å². The van der Waals surface area contributed by atoms with Crippen molar-refractivity contribution in [1.29, 1.82) is 0 Å². The fourth-order valence-electron chi connectivity index (χ4n) is 2.08. The van der Waals surface area contributed by atoms with Gasteiger partial charge in [-0.1, -0.05) is 6.07 Å². The lowest BCUT2D eigenvalue weighted by Crippen LogP contribution is -2.30. The SMILES string of the molecule is CCN(Cc1cccs1)C(=O)c1ccc(NN)cc1C. The van der Waals surface area contributed by atoms with Crippen LogP contribution >= 0.6 is 11.3 Å². The van der Waals surface area contributed by atoms with E-state index in [-0.39, 0.29) is 5.91 Å². The minimum atomic E-state index is 0.0574. The molecule has 1 heterocycles. The van der Waals surface area contributed by atoms with Crippen LogP contribution in [0.2, 0.25) is 0 Å². The molecule has 0 aliphatic carbocycles. The number of carbonyl (C=O) groups excluding carboxylic acids is 1. The molecule has 2 rings (SSSR count). The number of nitrogens with two attached hydrogens (primary N) is 1.